The van der Waals surface area contributed by atoms with Crippen LogP contribution < -0.4 is 0 Å². The van der Waals surface area contributed by atoms with E-state index in [2.05, 4.69) is 35.2 Å². The number of hydrogen-bond donors (Lipinski definition) is 0. The van der Waals surface area contributed by atoms with Gasteiger partial charge in [-0.15, -0.1) is 0 Å². The van der Waals surface area contributed by atoms with Crippen LogP contribution in [0, 0.1) is 5.41 Å². The van der Waals surface area contributed by atoms with Crippen LogP contribution in [0.4, 0.5) is 0 Å². The lowest BCUT2D eigenvalue weighted by atomic mass is 9.79. The van der Waals surface area contributed by atoms with Crippen LogP contribution in [0.1, 0.15) is 41.8 Å². The van der Waals surface area contributed by atoms with Gasteiger partial charge >= 0.3 is 0 Å². The number of piperidine rings is 1. The molecule has 2 aromatic rings. The van der Waals surface area contributed by atoms with Gasteiger partial charge in [0.2, 0.25) is 0 Å². The molecule has 5 nitrogen and oxygen atoms in total. The molecule has 2 aliphatic rings. The maximum absolute atomic E-state index is 12.6. The quantitative estimate of drug-likeness (QED) is 0.569. The first kappa shape index (κ1) is 18.9. The van der Waals surface area contributed by atoms with E-state index in [1.54, 1.807) is 17.0 Å². The number of furan rings is 1. The fraction of sp³-hybridized carbons (Fsp3) is 0.478. The normalized spacial score (nSPS) is 22.6. The molecular weight excluding hydrogens is 352 g/mol. The summed E-state index contributed by atoms with van der Waals surface area (Å²) >= 11 is 0. The maximum atomic E-state index is 12.6. The van der Waals surface area contributed by atoms with Crippen molar-refractivity contribution in [1.82, 2.24) is 9.80 Å². The summed E-state index contributed by atoms with van der Waals surface area (Å²) in [5.41, 5.74) is 1.53. The molecule has 28 heavy (non-hydrogen) atoms. The number of benzene rings is 1. The molecule has 1 amide bonds. The van der Waals surface area contributed by atoms with Crippen LogP contribution in [0.15, 0.2) is 53.1 Å². The molecule has 2 fully saturated rings. The molecule has 0 bridgehead atoms. The molecule has 0 aliphatic carbocycles. The van der Waals surface area contributed by atoms with Crippen LogP contribution in [0.3, 0.4) is 0 Å². The third-order valence-electron chi connectivity index (χ3n) is 6.19. The summed E-state index contributed by atoms with van der Waals surface area (Å²) in [6.45, 7) is 4.61. The van der Waals surface area contributed by atoms with Gasteiger partial charge in [-0.25, -0.2) is 0 Å². The highest BCUT2D eigenvalue weighted by atomic mass is 16.3. The Morgan fingerprint density at radius 3 is 2.64 bits per heavy atom. The first-order valence-corrected chi connectivity index (χ1v) is 10.3. The monoisotopic (exact) mass is 380 g/mol. The van der Waals surface area contributed by atoms with Gasteiger partial charge in [0.25, 0.3) is 11.7 Å². The third-order valence-corrected chi connectivity index (χ3v) is 6.19. The van der Waals surface area contributed by atoms with Gasteiger partial charge in [0, 0.05) is 25.0 Å². The van der Waals surface area contributed by atoms with E-state index in [9.17, 15) is 9.59 Å². The molecule has 2 saturated heterocycles. The van der Waals surface area contributed by atoms with Crippen LogP contribution in [0.5, 0.6) is 0 Å². The number of hydrogen-bond acceptors (Lipinski definition) is 4. The fourth-order valence-corrected chi connectivity index (χ4v) is 4.75. The van der Waals surface area contributed by atoms with Crippen LogP contribution in [0.2, 0.25) is 0 Å². The molecule has 1 spiro atoms. The molecule has 1 aromatic carbocycles. The first-order chi connectivity index (χ1) is 13.7. The fourth-order valence-electron chi connectivity index (χ4n) is 4.75. The average molecular weight is 380 g/mol. The Hall–Kier alpha value is -2.40. The van der Waals surface area contributed by atoms with E-state index in [1.807, 2.05) is 0 Å². The van der Waals surface area contributed by atoms with Crippen molar-refractivity contribution in [2.75, 3.05) is 32.7 Å². The number of amides is 1. The highest BCUT2D eigenvalue weighted by molar-refractivity contribution is 6.41. The molecule has 148 valence electrons. The van der Waals surface area contributed by atoms with Crippen molar-refractivity contribution in [2.45, 2.75) is 32.1 Å². The number of Topliss-reactive ketones (excluding diaryl/α,β-unsaturated/α-hetero) is 1. The lowest BCUT2D eigenvalue weighted by Gasteiger charge is -2.40. The second-order valence-electron chi connectivity index (χ2n) is 8.25. The summed E-state index contributed by atoms with van der Waals surface area (Å²) in [5, 5.41) is 0. The Bertz CT molecular complexity index is 803. The van der Waals surface area contributed by atoms with Crippen molar-refractivity contribution in [2.24, 2.45) is 5.41 Å². The van der Waals surface area contributed by atoms with Crippen molar-refractivity contribution >= 4 is 11.7 Å². The van der Waals surface area contributed by atoms with E-state index in [0.29, 0.717) is 13.1 Å². The number of carbonyl (C=O) groups is 2. The van der Waals surface area contributed by atoms with Gasteiger partial charge in [-0.1, -0.05) is 30.3 Å². The van der Waals surface area contributed by atoms with E-state index < -0.39 is 11.7 Å². The molecular formula is C23H28N2O3. The summed E-state index contributed by atoms with van der Waals surface area (Å²) in [7, 11) is 0. The lowest BCUT2D eigenvalue weighted by Crippen LogP contribution is -2.46. The van der Waals surface area contributed by atoms with E-state index >= 15 is 0 Å². The van der Waals surface area contributed by atoms with Crippen molar-refractivity contribution in [1.29, 1.82) is 0 Å². The third kappa shape index (κ3) is 4.20. The molecule has 0 N–H and O–H groups in total. The molecule has 3 heterocycles. The van der Waals surface area contributed by atoms with Gasteiger partial charge in [0.05, 0.1) is 6.26 Å². The van der Waals surface area contributed by atoms with Gasteiger partial charge in [-0.2, -0.15) is 0 Å². The van der Waals surface area contributed by atoms with Crippen LogP contribution in [-0.4, -0.2) is 54.2 Å². The maximum Gasteiger partial charge on any atom is 0.298 e. The Balaban J connectivity index is 1.30. The van der Waals surface area contributed by atoms with E-state index in [-0.39, 0.29) is 11.2 Å². The molecule has 1 atom stereocenters. The average Bonchev–Trinajstić information content (AvgIpc) is 3.39. The zero-order valence-electron chi connectivity index (χ0n) is 16.3. The minimum absolute atomic E-state index is 0.136. The Labute approximate surface area is 166 Å². The van der Waals surface area contributed by atoms with Crippen molar-refractivity contribution < 1.29 is 14.0 Å². The van der Waals surface area contributed by atoms with Crippen molar-refractivity contribution in [3.8, 4) is 0 Å². The number of carbonyl (C=O) groups excluding carboxylic acids is 2. The highest BCUT2D eigenvalue weighted by Crippen LogP contribution is 2.39. The Morgan fingerprint density at radius 2 is 1.86 bits per heavy atom. The Kier molecular flexibility index (Phi) is 5.62. The molecule has 5 heteroatoms. The van der Waals surface area contributed by atoms with Crippen molar-refractivity contribution in [3.63, 3.8) is 0 Å². The largest absolute Gasteiger partial charge is 0.461 e. The first-order valence-electron chi connectivity index (χ1n) is 10.3. The lowest BCUT2D eigenvalue weighted by molar-refractivity contribution is -0.126. The zero-order valence-corrected chi connectivity index (χ0v) is 16.3. The molecule has 4 rings (SSSR count). The molecule has 1 aromatic heterocycles. The summed E-state index contributed by atoms with van der Waals surface area (Å²) in [6, 6.07) is 13.8. The smallest absolute Gasteiger partial charge is 0.298 e. The van der Waals surface area contributed by atoms with Crippen molar-refractivity contribution in [3.05, 3.63) is 60.1 Å². The zero-order chi connectivity index (χ0) is 19.4. The number of nitrogens with zero attached hydrogens (tertiary/aromatic N) is 2. The Morgan fingerprint density at radius 1 is 1.00 bits per heavy atom. The van der Waals surface area contributed by atoms with E-state index in [4.69, 9.17) is 4.42 Å². The molecule has 0 unspecified atom stereocenters. The second kappa shape index (κ2) is 8.31. The van der Waals surface area contributed by atoms with Gasteiger partial charge in [0.15, 0.2) is 5.76 Å². The molecule has 0 saturated carbocycles. The summed E-state index contributed by atoms with van der Waals surface area (Å²) in [5.74, 6) is -0.817. The predicted molar refractivity (Wildman–Crippen MR) is 107 cm³/mol. The second-order valence-corrected chi connectivity index (χ2v) is 8.25. The van der Waals surface area contributed by atoms with Gasteiger partial charge in [-0.05, 0) is 62.9 Å². The topological polar surface area (TPSA) is 53.8 Å². The summed E-state index contributed by atoms with van der Waals surface area (Å²) in [4.78, 5) is 29.2. The van der Waals surface area contributed by atoms with Crippen LogP contribution in [-0.2, 0) is 11.2 Å². The molecule has 0 radical (unpaired) electrons. The summed E-state index contributed by atoms with van der Waals surface area (Å²) < 4.78 is 5.11. The number of rotatable bonds is 6. The van der Waals surface area contributed by atoms with E-state index in [1.165, 1.54) is 18.2 Å². The minimum atomic E-state index is -0.530. The number of ketones is 1. The van der Waals surface area contributed by atoms with Gasteiger partial charge in [0.1, 0.15) is 0 Å². The standard InChI is InChI=1S/C23H28N2O3/c26-21(20-10-5-16-28-20)22(27)25-15-12-23(18-25)11-6-14-24(17-23)13-4-9-19-7-2-1-3-8-19/h1-3,5,7-8,10,16H,4,6,9,11-15,17-18H2/t23-/m1/s1. The predicted octanol–water partition coefficient (Wildman–Crippen LogP) is 3.41. The summed E-state index contributed by atoms with van der Waals surface area (Å²) in [6.07, 6.45) is 6.98. The van der Waals surface area contributed by atoms with Gasteiger partial charge in [-0.3, -0.25) is 9.59 Å². The highest BCUT2D eigenvalue weighted by Gasteiger charge is 2.44. The van der Waals surface area contributed by atoms with Gasteiger partial charge < -0.3 is 14.2 Å². The van der Waals surface area contributed by atoms with Crippen LogP contribution >= 0.6 is 0 Å². The van der Waals surface area contributed by atoms with E-state index in [0.717, 1.165) is 45.3 Å². The minimum Gasteiger partial charge on any atom is -0.461 e. The number of aryl methyl sites for hydroxylation is 1. The SMILES string of the molecule is O=C(C(=O)N1CC[C@@]2(CCCN(CCCc3ccccc3)C2)C1)c1ccco1. The van der Waals surface area contributed by atoms with Crippen LogP contribution in [0.25, 0.3) is 0 Å². The molecule has 2 aliphatic heterocycles. The number of likely N-dealkylation sites (tertiary alicyclic amines) is 2.